The Hall–Kier alpha value is -1.36. The molecule has 1 N–H and O–H groups in total. The Morgan fingerprint density at radius 2 is 2.40 bits per heavy atom. The highest BCUT2D eigenvalue weighted by atomic mass is 79.9. The lowest BCUT2D eigenvalue weighted by Gasteiger charge is -2.04. The van der Waals surface area contributed by atoms with Crippen LogP contribution in [-0.4, -0.2) is 10.1 Å². The normalized spacial score (nSPS) is 10.3. The highest BCUT2D eigenvalue weighted by molar-refractivity contribution is 9.10. The molecule has 0 aromatic carbocycles. The first-order valence-electron chi connectivity index (χ1n) is 4.52. The van der Waals surface area contributed by atoms with Gasteiger partial charge in [-0.05, 0) is 35.0 Å². The van der Waals surface area contributed by atoms with Crippen LogP contribution in [0.5, 0.6) is 0 Å². The summed E-state index contributed by atoms with van der Waals surface area (Å²) in [5.74, 6) is 1.62. The van der Waals surface area contributed by atoms with Gasteiger partial charge in [0.25, 0.3) is 0 Å². The molecule has 5 heteroatoms. The average molecular weight is 268 g/mol. The largest absolute Gasteiger partial charge is 0.363 e. The summed E-state index contributed by atoms with van der Waals surface area (Å²) in [6.07, 6.45) is 1.74. The summed E-state index contributed by atoms with van der Waals surface area (Å²) in [4.78, 5) is 4.18. The average Bonchev–Trinajstić information content (AvgIpc) is 2.63. The van der Waals surface area contributed by atoms with E-state index in [1.165, 1.54) is 0 Å². The van der Waals surface area contributed by atoms with E-state index >= 15 is 0 Å². The Kier molecular flexibility index (Phi) is 3.01. The summed E-state index contributed by atoms with van der Waals surface area (Å²) in [7, 11) is 0. The van der Waals surface area contributed by atoms with Crippen LogP contribution in [0.15, 0.2) is 33.4 Å². The molecule has 78 valence electrons. The summed E-state index contributed by atoms with van der Waals surface area (Å²) in [5, 5.41) is 7.04. The highest BCUT2D eigenvalue weighted by Gasteiger charge is 2.02. The molecule has 2 heterocycles. The van der Waals surface area contributed by atoms with E-state index in [0.717, 1.165) is 21.7 Å². The van der Waals surface area contributed by atoms with Crippen LogP contribution >= 0.6 is 15.9 Å². The van der Waals surface area contributed by atoms with Crippen LogP contribution in [-0.2, 0) is 6.54 Å². The zero-order valence-electron chi connectivity index (χ0n) is 8.20. The smallest absolute Gasteiger partial charge is 0.140 e. The van der Waals surface area contributed by atoms with Gasteiger partial charge in [-0.1, -0.05) is 5.16 Å². The molecule has 0 amide bonds. The molecular formula is C10H10BrN3O. The van der Waals surface area contributed by atoms with Gasteiger partial charge in [-0.15, -0.1) is 0 Å². The van der Waals surface area contributed by atoms with Gasteiger partial charge in [0.05, 0.1) is 11.0 Å². The minimum absolute atomic E-state index is 0.604. The van der Waals surface area contributed by atoms with Crippen LogP contribution in [0.4, 0.5) is 5.82 Å². The van der Waals surface area contributed by atoms with Gasteiger partial charge in [-0.3, -0.25) is 0 Å². The number of halogens is 1. The van der Waals surface area contributed by atoms with Crippen LogP contribution in [0.25, 0.3) is 0 Å². The molecule has 2 aromatic heterocycles. The Morgan fingerprint density at radius 1 is 1.53 bits per heavy atom. The minimum atomic E-state index is 0.604. The molecule has 0 saturated heterocycles. The first kappa shape index (κ1) is 10.2. The first-order chi connectivity index (χ1) is 7.25. The van der Waals surface area contributed by atoms with Crippen molar-refractivity contribution in [2.24, 2.45) is 0 Å². The number of hydrogen-bond donors (Lipinski definition) is 1. The molecule has 0 atom stereocenters. The third kappa shape index (κ3) is 2.56. The second kappa shape index (κ2) is 4.44. The van der Waals surface area contributed by atoms with E-state index in [-0.39, 0.29) is 0 Å². The summed E-state index contributed by atoms with van der Waals surface area (Å²) in [6.45, 7) is 2.47. The van der Waals surface area contributed by atoms with Gasteiger partial charge >= 0.3 is 0 Å². The molecule has 15 heavy (non-hydrogen) atoms. The van der Waals surface area contributed by atoms with E-state index in [4.69, 9.17) is 4.52 Å². The molecule has 0 spiro atoms. The second-order valence-corrected chi connectivity index (χ2v) is 3.97. The van der Waals surface area contributed by atoms with E-state index in [2.05, 4.69) is 31.4 Å². The van der Waals surface area contributed by atoms with Crippen molar-refractivity contribution in [3.05, 3.63) is 40.3 Å². The predicted molar refractivity (Wildman–Crippen MR) is 60.5 cm³/mol. The van der Waals surface area contributed by atoms with E-state index in [9.17, 15) is 0 Å². The maximum absolute atomic E-state index is 4.96. The van der Waals surface area contributed by atoms with Gasteiger partial charge in [-0.25, -0.2) is 4.98 Å². The van der Waals surface area contributed by atoms with Crippen LogP contribution in [0, 0.1) is 6.92 Å². The quantitative estimate of drug-likeness (QED) is 0.929. The summed E-state index contributed by atoms with van der Waals surface area (Å²) >= 11 is 3.41. The van der Waals surface area contributed by atoms with E-state index in [1.807, 2.05) is 25.1 Å². The van der Waals surface area contributed by atoms with Crippen molar-refractivity contribution in [1.82, 2.24) is 10.1 Å². The number of aromatic nitrogens is 2. The third-order valence-electron chi connectivity index (χ3n) is 1.87. The maximum atomic E-state index is 4.96. The molecule has 0 aliphatic heterocycles. The number of rotatable bonds is 3. The molecule has 0 unspecified atom stereocenters. The Labute approximate surface area is 95.8 Å². The monoisotopic (exact) mass is 267 g/mol. The highest BCUT2D eigenvalue weighted by Crippen LogP contribution is 2.18. The van der Waals surface area contributed by atoms with Crippen molar-refractivity contribution < 1.29 is 4.52 Å². The van der Waals surface area contributed by atoms with Gasteiger partial charge in [0, 0.05) is 12.3 Å². The molecule has 0 aliphatic rings. The molecular weight excluding hydrogens is 258 g/mol. The molecule has 0 fully saturated rings. The van der Waals surface area contributed by atoms with Crippen molar-refractivity contribution in [3.63, 3.8) is 0 Å². The van der Waals surface area contributed by atoms with Crippen molar-refractivity contribution in [2.75, 3.05) is 5.32 Å². The van der Waals surface area contributed by atoms with Crippen molar-refractivity contribution in [3.8, 4) is 0 Å². The number of nitrogens with one attached hydrogen (secondary N) is 1. The van der Waals surface area contributed by atoms with E-state index in [0.29, 0.717) is 6.54 Å². The number of aryl methyl sites for hydroxylation is 1. The summed E-state index contributed by atoms with van der Waals surface area (Å²) in [5.41, 5.74) is 0.866. The fourth-order valence-corrected chi connectivity index (χ4v) is 1.59. The van der Waals surface area contributed by atoms with Crippen LogP contribution in [0.3, 0.4) is 0 Å². The standard InChI is InChI=1S/C10H10BrN3O/c1-7-5-8(14-15-7)6-13-10-9(11)3-2-4-12-10/h2-5H,6H2,1H3,(H,12,13). The topological polar surface area (TPSA) is 51.0 Å². The lowest BCUT2D eigenvalue weighted by molar-refractivity contribution is 0.391. The molecule has 2 rings (SSSR count). The molecule has 2 aromatic rings. The van der Waals surface area contributed by atoms with Crippen LogP contribution in [0.1, 0.15) is 11.5 Å². The Bertz CT molecular complexity index is 455. The third-order valence-corrected chi connectivity index (χ3v) is 2.51. The molecule has 0 aliphatic carbocycles. The zero-order valence-corrected chi connectivity index (χ0v) is 9.78. The van der Waals surface area contributed by atoms with Crippen LogP contribution in [0.2, 0.25) is 0 Å². The maximum Gasteiger partial charge on any atom is 0.140 e. The zero-order chi connectivity index (χ0) is 10.7. The van der Waals surface area contributed by atoms with Crippen molar-refractivity contribution in [2.45, 2.75) is 13.5 Å². The number of hydrogen-bond acceptors (Lipinski definition) is 4. The van der Waals surface area contributed by atoms with E-state index in [1.54, 1.807) is 6.20 Å². The predicted octanol–water partition coefficient (Wildman–Crippen LogP) is 2.75. The Morgan fingerprint density at radius 3 is 3.07 bits per heavy atom. The van der Waals surface area contributed by atoms with Gasteiger partial charge in [0.2, 0.25) is 0 Å². The van der Waals surface area contributed by atoms with Gasteiger partial charge < -0.3 is 9.84 Å². The summed E-state index contributed by atoms with van der Waals surface area (Å²) in [6, 6.07) is 5.70. The van der Waals surface area contributed by atoms with E-state index < -0.39 is 0 Å². The van der Waals surface area contributed by atoms with Crippen LogP contribution < -0.4 is 5.32 Å². The van der Waals surface area contributed by atoms with Gasteiger partial charge in [0.1, 0.15) is 17.3 Å². The van der Waals surface area contributed by atoms with Gasteiger partial charge in [0.15, 0.2) is 0 Å². The lowest BCUT2D eigenvalue weighted by Crippen LogP contribution is -2.01. The molecule has 0 radical (unpaired) electrons. The van der Waals surface area contributed by atoms with Gasteiger partial charge in [-0.2, -0.15) is 0 Å². The second-order valence-electron chi connectivity index (χ2n) is 3.12. The van der Waals surface area contributed by atoms with Crippen molar-refractivity contribution in [1.29, 1.82) is 0 Å². The SMILES string of the molecule is Cc1cc(CNc2ncccc2Br)no1. The number of anilines is 1. The fraction of sp³-hybridized carbons (Fsp3) is 0.200. The Balaban J connectivity index is 2.02. The molecule has 4 nitrogen and oxygen atoms in total. The minimum Gasteiger partial charge on any atom is -0.363 e. The lowest BCUT2D eigenvalue weighted by atomic mass is 10.3. The molecule has 0 saturated carbocycles. The summed E-state index contributed by atoms with van der Waals surface area (Å²) < 4.78 is 5.90. The molecule has 0 bridgehead atoms. The number of nitrogens with zero attached hydrogens (tertiary/aromatic N) is 2. The van der Waals surface area contributed by atoms with Crippen molar-refractivity contribution >= 4 is 21.7 Å². The fourth-order valence-electron chi connectivity index (χ4n) is 1.19. The number of pyridine rings is 1. The first-order valence-corrected chi connectivity index (χ1v) is 5.31.